The zero-order valence-electron chi connectivity index (χ0n) is 7.23. The van der Waals surface area contributed by atoms with Gasteiger partial charge < -0.3 is 14.9 Å². The number of aliphatic carboxylic acids is 1. The van der Waals surface area contributed by atoms with Gasteiger partial charge in [0.05, 0.1) is 0 Å². The zero-order chi connectivity index (χ0) is 11.6. The van der Waals surface area contributed by atoms with Crippen LogP contribution in [0.3, 0.4) is 0 Å². The molecular weight excluding hydrogens is 232 g/mol. The Morgan fingerprint density at radius 3 is 2.60 bits per heavy atom. The molecule has 0 fully saturated rings. The van der Waals surface area contributed by atoms with Crippen LogP contribution in [0.2, 0.25) is 0 Å². The monoisotopic (exact) mass is 240 g/mol. The van der Waals surface area contributed by atoms with Crippen molar-refractivity contribution in [2.75, 3.05) is 6.61 Å². The maximum absolute atomic E-state index is 10.4. The lowest BCUT2D eigenvalue weighted by Crippen LogP contribution is -2.38. The molecule has 1 rings (SSSR count). The van der Waals surface area contributed by atoms with Gasteiger partial charge in [0.1, 0.15) is 18.8 Å². The van der Waals surface area contributed by atoms with Crippen LogP contribution in [-0.4, -0.2) is 48.0 Å². The average molecular weight is 240 g/mol. The van der Waals surface area contributed by atoms with Crippen molar-refractivity contribution in [2.24, 2.45) is 0 Å². The average Bonchev–Trinajstić information content (AvgIpc) is 2.05. The van der Waals surface area contributed by atoms with Gasteiger partial charge in [-0.2, -0.15) is 8.42 Å². The van der Waals surface area contributed by atoms with Crippen LogP contribution in [0.15, 0.2) is 11.8 Å². The molecule has 0 saturated heterocycles. The first-order chi connectivity index (χ1) is 6.79. The number of aliphatic hydroxyl groups excluding tert-OH is 1. The summed E-state index contributed by atoms with van der Waals surface area (Å²) in [4.78, 5) is 10.4. The first kappa shape index (κ1) is 11.9. The van der Waals surface area contributed by atoms with E-state index < -0.39 is 40.9 Å². The van der Waals surface area contributed by atoms with Crippen LogP contribution < -0.4 is 0 Å². The Bertz CT molecular complexity index is 382. The third kappa shape index (κ3) is 3.47. The van der Waals surface area contributed by atoms with Gasteiger partial charge >= 0.3 is 16.4 Å². The molecule has 0 amide bonds. The highest BCUT2D eigenvalue weighted by molar-refractivity contribution is 7.80. The van der Waals surface area contributed by atoms with E-state index in [1.165, 1.54) is 0 Å². The predicted octanol–water partition coefficient (Wildman–Crippen LogP) is -1.47. The molecule has 8 nitrogen and oxygen atoms in total. The van der Waals surface area contributed by atoms with Gasteiger partial charge in [-0.3, -0.25) is 4.55 Å². The minimum absolute atomic E-state index is 0.487. The number of carboxylic acids is 1. The topological polar surface area (TPSA) is 130 Å². The molecule has 1 aliphatic rings. The summed E-state index contributed by atoms with van der Waals surface area (Å²) in [6.07, 6.45) is -2.06. The molecule has 1 unspecified atom stereocenters. The van der Waals surface area contributed by atoms with E-state index in [1.807, 2.05) is 0 Å². The van der Waals surface area contributed by atoms with E-state index in [4.69, 9.17) is 9.66 Å². The molecule has 0 spiro atoms. The highest BCUT2D eigenvalue weighted by atomic mass is 32.3. The fraction of sp³-hybridized carbons (Fsp3) is 0.500. The normalized spacial score (nSPS) is 26.7. The van der Waals surface area contributed by atoms with Crippen molar-refractivity contribution in [1.29, 1.82) is 0 Å². The zero-order valence-corrected chi connectivity index (χ0v) is 8.05. The second-order valence-corrected chi connectivity index (χ2v) is 3.75. The minimum Gasteiger partial charge on any atom is -0.484 e. The molecule has 15 heavy (non-hydrogen) atoms. The van der Waals surface area contributed by atoms with Crippen LogP contribution in [0.1, 0.15) is 0 Å². The predicted molar refractivity (Wildman–Crippen MR) is 44.1 cm³/mol. The summed E-state index contributed by atoms with van der Waals surface area (Å²) in [5.41, 5.74) is 0. The Labute approximate surface area is 84.7 Å². The Kier molecular flexibility index (Phi) is 3.29. The van der Waals surface area contributed by atoms with Crippen molar-refractivity contribution in [2.45, 2.75) is 12.2 Å². The Balaban J connectivity index is 2.73. The highest BCUT2D eigenvalue weighted by Crippen LogP contribution is 2.15. The summed E-state index contributed by atoms with van der Waals surface area (Å²) in [7, 11) is -4.71. The minimum atomic E-state index is -4.71. The van der Waals surface area contributed by atoms with Crippen LogP contribution in [0.25, 0.3) is 0 Å². The number of aliphatic hydroxyl groups is 1. The van der Waals surface area contributed by atoms with Crippen molar-refractivity contribution in [3.63, 3.8) is 0 Å². The number of carbonyl (C=O) groups is 1. The summed E-state index contributed by atoms with van der Waals surface area (Å²) in [6, 6.07) is 0. The standard InChI is InChI=1S/C6H8O8S/c7-3-1-4(6(8)9)13-2-5(3)14-15(10,11)12/h1,3,5,7H,2H2,(H,8,9)(H,10,11,12)/t3-,5?/m1/s1. The van der Waals surface area contributed by atoms with Crippen molar-refractivity contribution >= 4 is 16.4 Å². The van der Waals surface area contributed by atoms with Crippen molar-refractivity contribution in [1.82, 2.24) is 0 Å². The van der Waals surface area contributed by atoms with Crippen molar-refractivity contribution in [3.8, 4) is 0 Å². The number of hydrogen-bond donors (Lipinski definition) is 3. The van der Waals surface area contributed by atoms with Crippen LogP contribution in [0.4, 0.5) is 0 Å². The fourth-order valence-electron chi connectivity index (χ4n) is 0.955. The van der Waals surface area contributed by atoms with Crippen LogP contribution in [0.5, 0.6) is 0 Å². The lowest BCUT2D eigenvalue weighted by Gasteiger charge is -2.24. The SMILES string of the molecule is O=C(O)C1=C[C@@H](O)C(OS(=O)(=O)O)CO1. The Morgan fingerprint density at radius 1 is 1.60 bits per heavy atom. The molecule has 0 aliphatic carbocycles. The molecule has 0 bridgehead atoms. The molecular formula is C6H8O8S. The van der Waals surface area contributed by atoms with E-state index in [2.05, 4.69) is 8.92 Å². The van der Waals surface area contributed by atoms with Gasteiger partial charge in [-0.1, -0.05) is 0 Å². The summed E-state index contributed by atoms with van der Waals surface area (Å²) < 4.78 is 37.5. The van der Waals surface area contributed by atoms with Gasteiger partial charge in [0.25, 0.3) is 0 Å². The van der Waals surface area contributed by atoms with Gasteiger partial charge in [0.15, 0.2) is 0 Å². The highest BCUT2D eigenvalue weighted by Gasteiger charge is 2.31. The molecule has 0 saturated carbocycles. The molecule has 0 aromatic carbocycles. The first-order valence-corrected chi connectivity index (χ1v) is 5.08. The van der Waals surface area contributed by atoms with Crippen molar-refractivity contribution in [3.05, 3.63) is 11.8 Å². The second-order valence-electron chi connectivity index (χ2n) is 2.70. The van der Waals surface area contributed by atoms with E-state index in [9.17, 15) is 18.3 Å². The van der Waals surface area contributed by atoms with Crippen LogP contribution in [-0.2, 0) is 24.1 Å². The molecule has 0 radical (unpaired) electrons. The van der Waals surface area contributed by atoms with E-state index in [0.29, 0.717) is 0 Å². The molecule has 1 aliphatic heterocycles. The van der Waals surface area contributed by atoms with E-state index >= 15 is 0 Å². The quantitative estimate of drug-likeness (QED) is 0.510. The molecule has 9 heteroatoms. The smallest absolute Gasteiger partial charge is 0.397 e. The second kappa shape index (κ2) is 4.14. The lowest BCUT2D eigenvalue weighted by molar-refractivity contribution is -0.138. The van der Waals surface area contributed by atoms with Gasteiger partial charge in [-0.15, -0.1) is 0 Å². The fourth-order valence-corrected chi connectivity index (χ4v) is 1.44. The van der Waals surface area contributed by atoms with Gasteiger partial charge in [-0.05, 0) is 6.08 Å². The molecule has 86 valence electrons. The maximum Gasteiger partial charge on any atom is 0.397 e. The molecule has 3 N–H and O–H groups in total. The summed E-state index contributed by atoms with van der Waals surface area (Å²) in [5.74, 6) is -1.89. The largest absolute Gasteiger partial charge is 0.484 e. The number of carboxylic acid groups (broad SMARTS) is 1. The van der Waals surface area contributed by atoms with Gasteiger partial charge in [-0.25, -0.2) is 8.98 Å². The third-order valence-electron chi connectivity index (χ3n) is 1.56. The van der Waals surface area contributed by atoms with E-state index in [-0.39, 0.29) is 0 Å². The number of ether oxygens (including phenoxy) is 1. The van der Waals surface area contributed by atoms with Crippen LogP contribution in [0, 0.1) is 0 Å². The number of rotatable bonds is 3. The third-order valence-corrected chi connectivity index (χ3v) is 2.05. The lowest BCUT2D eigenvalue weighted by atomic mass is 10.1. The maximum atomic E-state index is 10.4. The molecule has 0 aromatic heterocycles. The molecule has 0 aromatic rings. The number of hydrogen-bond acceptors (Lipinski definition) is 6. The van der Waals surface area contributed by atoms with Gasteiger partial charge in [0, 0.05) is 0 Å². The van der Waals surface area contributed by atoms with Crippen molar-refractivity contribution < 1.29 is 36.9 Å². The van der Waals surface area contributed by atoms with Gasteiger partial charge in [0.2, 0.25) is 5.76 Å². The summed E-state index contributed by atoms with van der Waals surface area (Å²) in [6.45, 7) is -0.487. The summed E-state index contributed by atoms with van der Waals surface area (Å²) in [5, 5.41) is 17.7. The van der Waals surface area contributed by atoms with E-state index in [1.54, 1.807) is 0 Å². The Hall–Kier alpha value is -1.16. The summed E-state index contributed by atoms with van der Waals surface area (Å²) >= 11 is 0. The first-order valence-electron chi connectivity index (χ1n) is 3.71. The van der Waals surface area contributed by atoms with E-state index in [0.717, 1.165) is 6.08 Å². The molecule has 2 atom stereocenters. The Morgan fingerprint density at radius 2 is 2.20 bits per heavy atom. The molecule has 1 heterocycles. The van der Waals surface area contributed by atoms with Crippen LogP contribution >= 0.6 is 0 Å².